The van der Waals surface area contributed by atoms with Crippen LogP contribution in [-0.4, -0.2) is 30.7 Å². The molecule has 128 valence electrons. The lowest BCUT2D eigenvalue weighted by Crippen LogP contribution is -2.41. The third kappa shape index (κ3) is 6.11. The summed E-state index contributed by atoms with van der Waals surface area (Å²) in [5, 5.41) is 6.72. The summed E-state index contributed by atoms with van der Waals surface area (Å²) in [6.07, 6.45) is 7.13. The van der Waals surface area contributed by atoms with Gasteiger partial charge in [0.2, 0.25) is 0 Å². The molecule has 0 aliphatic carbocycles. The number of hydrogen-bond acceptors (Lipinski definition) is 4. The van der Waals surface area contributed by atoms with Gasteiger partial charge in [0, 0.05) is 6.04 Å². The topological polar surface area (TPSA) is 79.8 Å². The average molecular weight is 370 g/mol. The van der Waals surface area contributed by atoms with E-state index in [0.717, 1.165) is 0 Å². The van der Waals surface area contributed by atoms with E-state index in [0.29, 0.717) is 12.0 Å². The second kappa shape index (κ2) is 9.81. The van der Waals surface area contributed by atoms with Crippen LogP contribution in [0.4, 0.5) is 0 Å². The Morgan fingerprint density at radius 2 is 2.00 bits per heavy atom. The number of rotatable bonds is 6. The van der Waals surface area contributed by atoms with Gasteiger partial charge in [0.15, 0.2) is 5.75 Å². The predicted octanol–water partition coefficient (Wildman–Crippen LogP) is 2.37. The molecule has 0 aliphatic rings. The Bertz CT molecular complexity index is 661. The highest BCUT2D eigenvalue weighted by Crippen LogP contribution is 2.33. The first-order valence-corrected chi connectivity index (χ1v) is 7.83. The molecule has 0 radical (unpaired) electrons. The molecular weight excluding hydrogens is 353 g/mol. The summed E-state index contributed by atoms with van der Waals surface area (Å²) >= 11 is 12.1. The molecular formula is C16H17Cl2N3O3. The van der Waals surface area contributed by atoms with Crippen molar-refractivity contribution in [1.82, 2.24) is 10.7 Å². The van der Waals surface area contributed by atoms with Gasteiger partial charge in [-0.2, -0.15) is 5.10 Å². The molecule has 0 spiro atoms. The van der Waals surface area contributed by atoms with E-state index < -0.39 is 11.8 Å². The first kappa shape index (κ1) is 19.8. The van der Waals surface area contributed by atoms with E-state index in [2.05, 4.69) is 21.8 Å². The smallest absolute Gasteiger partial charge is 0.329 e. The molecule has 1 aromatic rings. The molecule has 6 nitrogen and oxygen atoms in total. The van der Waals surface area contributed by atoms with Crippen molar-refractivity contribution in [3.63, 3.8) is 0 Å². The van der Waals surface area contributed by atoms with Crippen molar-refractivity contribution < 1.29 is 14.3 Å². The zero-order valence-corrected chi connectivity index (χ0v) is 14.7. The van der Waals surface area contributed by atoms with Crippen LogP contribution in [0.2, 0.25) is 10.0 Å². The predicted molar refractivity (Wildman–Crippen MR) is 94.4 cm³/mol. The van der Waals surface area contributed by atoms with Crippen molar-refractivity contribution in [2.75, 3.05) is 6.61 Å². The average Bonchev–Trinajstić information content (AvgIpc) is 2.53. The molecule has 0 aliphatic heterocycles. The van der Waals surface area contributed by atoms with Gasteiger partial charge < -0.3 is 10.1 Å². The fraction of sp³-hybridized carbons (Fsp3) is 0.312. The fourth-order valence-corrected chi connectivity index (χ4v) is 2.13. The summed E-state index contributed by atoms with van der Waals surface area (Å²) in [5.74, 6) is 0.961. The second-order valence-electron chi connectivity index (χ2n) is 4.79. The summed E-state index contributed by atoms with van der Waals surface area (Å²) in [4.78, 5) is 23.1. The van der Waals surface area contributed by atoms with Crippen LogP contribution in [0.1, 0.15) is 25.8 Å². The molecule has 0 unspecified atom stereocenters. The van der Waals surface area contributed by atoms with Crippen LogP contribution < -0.4 is 15.5 Å². The monoisotopic (exact) mass is 369 g/mol. The third-order valence-electron chi connectivity index (χ3n) is 2.90. The van der Waals surface area contributed by atoms with Crippen LogP contribution in [0.3, 0.4) is 0 Å². The normalized spacial score (nSPS) is 11.6. The molecule has 24 heavy (non-hydrogen) atoms. The van der Waals surface area contributed by atoms with Crippen LogP contribution in [0.15, 0.2) is 17.2 Å². The molecule has 0 aromatic heterocycles. The lowest BCUT2D eigenvalue weighted by Gasteiger charge is -2.09. The highest BCUT2D eigenvalue weighted by Gasteiger charge is 2.14. The van der Waals surface area contributed by atoms with Crippen molar-refractivity contribution in [3.8, 4) is 18.1 Å². The van der Waals surface area contributed by atoms with Gasteiger partial charge in [-0.1, -0.05) is 36.0 Å². The molecule has 0 heterocycles. The summed E-state index contributed by atoms with van der Waals surface area (Å²) in [6.45, 7) is 3.72. The quantitative estimate of drug-likeness (QED) is 0.349. The van der Waals surface area contributed by atoms with Gasteiger partial charge in [-0.05, 0) is 31.0 Å². The minimum absolute atomic E-state index is 0.0359. The third-order valence-corrected chi connectivity index (χ3v) is 3.46. The lowest BCUT2D eigenvalue weighted by atomic mass is 10.2. The molecule has 8 heteroatoms. The van der Waals surface area contributed by atoms with Gasteiger partial charge in [0.1, 0.15) is 6.61 Å². The number of nitrogens with zero attached hydrogens (tertiary/aromatic N) is 1. The van der Waals surface area contributed by atoms with Crippen LogP contribution in [0.25, 0.3) is 0 Å². The van der Waals surface area contributed by atoms with E-state index in [4.69, 9.17) is 34.4 Å². The Labute approximate surface area is 150 Å². The SMILES string of the molecule is C#CCOc1c(Cl)cc(/C=N\NC(=O)C(=O)N[C@H](C)CC)cc1Cl. The highest BCUT2D eigenvalue weighted by molar-refractivity contribution is 6.37. The number of amides is 2. The van der Waals surface area contributed by atoms with E-state index in [-0.39, 0.29) is 28.4 Å². The first-order valence-electron chi connectivity index (χ1n) is 7.08. The molecule has 2 amide bonds. The van der Waals surface area contributed by atoms with E-state index in [1.165, 1.54) is 18.3 Å². The van der Waals surface area contributed by atoms with E-state index in [1.807, 2.05) is 6.92 Å². The second-order valence-corrected chi connectivity index (χ2v) is 5.60. The van der Waals surface area contributed by atoms with Gasteiger partial charge in [-0.25, -0.2) is 5.43 Å². The van der Waals surface area contributed by atoms with Crippen molar-refractivity contribution in [1.29, 1.82) is 0 Å². The number of ether oxygens (including phenoxy) is 1. The minimum atomic E-state index is -0.863. The molecule has 0 saturated heterocycles. The van der Waals surface area contributed by atoms with Crippen LogP contribution in [0.5, 0.6) is 5.75 Å². The fourth-order valence-electron chi connectivity index (χ4n) is 1.51. The number of carbonyl (C=O) groups is 2. The zero-order valence-electron chi connectivity index (χ0n) is 13.2. The summed E-state index contributed by atoms with van der Waals surface area (Å²) in [7, 11) is 0. The van der Waals surface area contributed by atoms with Gasteiger partial charge in [-0.3, -0.25) is 9.59 Å². The van der Waals surface area contributed by atoms with E-state index >= 15 is 0 Å². The first-order chi connectivity index (χ1) is 11.4. The van der Waals surface area contributed by atoms with Gasteiger partial charge in [-0.15, -0.1) is 6.42 Å². The molecule has 0 saturated carbocycles. The van der Waals surface area contributed by atoms with E-state index in [9.17, 15) is 9.59 Å². The summed E-state index contributed by atoms with van der Waals surface area (Å²) in [6, 6.07) is 2.97. The number of hydrazone groups is 1. The Morgan fingerprint density at radius 3 is 2.54 bits per heavy atom. The van der Waals surface area contributed by atoms with Crippen LogP contribution in [-0.2, 0) is 9.59 Å². The van der Waals surface area contributed by atoms with Gasteiger partial charge >= 0.3 is 11.8 Å². The van der Waals surface area contributed by atoms with Crippen molar-refractivity contribution in [2.24, 2.45) is 5.10 Å². The number of benzene rings is 1. The Hall–Kier alpha value is -2.23. The molecule has 0 bridgehead atoms. The maximum absolute atomic E-state index is 11.6. The van der Waals surface area contributed by atoms with Crippen molar-refractivity contribution in [2.45, 2.75) is 26.3 Å². The van der Waals surface area contributed by atoms with Gasteiger partial charge in [0.25, 0.3) is 0 Å². The van der Waals surface area contributed by atoms with Crippen LogP contribution in [0, 0.1) is 12.3 Å². The number of nitrogens with one attached hydrogen (secondary N) is 2. The Morgan fingerprint density at radius 1 is 1.38 bits per heavy atom. The highest BCUT2D eigenvalue weighted by atomic mass is 35.5. The number of terminal acetylenes is 1. The van der Waals surface area contributed by atoms with Crippen LogP contribution >= 0.6 is 23.2 Å². The number of hydrogen-bond donors (Lipinski definition) is 2. The zero-order chi connectivity index (χ0) is 18.1. The Kier molecular flexibility index (Phi) is 8.10. The molecule has 2 N–H and O–H groups in total. The molecule has 1 rings (SSSR count). The summed E-state index contributed by atoms with van der Waals surface area (Å²) < 4.78 is 5.23. The molecule has 1 atom stereocenters. The van der Waals surface area contributed by atoms with Crippen molar-refractivity contribution >= 4 is 41.2 Å². The molecule has 0 fully saturated rings. The standard InChI is InChI=1S/C16H17Cl2N3O3/c1-4-6-24-14-12(17)7-11(8-13(14)18)9-19-21-16(23)15(22)20-10(3)5-2/h1,7-10H,5-6H2,2-3H3,(H,20,22)(H,21,23)/b19-9-/t10-/m1/s1. The maximum Gasteiger partial charge on any atom is 0.329 e. The largest absolute Gasteiger partial charge is 0.478 e. The maximum atomic E-state index is 11.6. The van der Waals surface area contributed by atoms with E-state index in [1.54, 1.807) is 6.92 Å². The summed E-state index contributed by atoms with van der Waals surface area (Å²) in [5.41, 5.74) is 2.64. The number of halogens is 2. The van der Waals surface area contributed by atoms with Gasteiger partial charge in [0.05, 0.1) is 16.3 Å². The Balaban J connectivity index is 2.69. The minimum Gasteiger partial charge on any atom is -0.478 e. The lowest BCUT2D eigenvalue weighted by molar-refractivity contribution is -0.139. The number of carbonyl (C=O) groups excluding carboxylic acids is 2. The van der Waals surface area contributed by atoms with Crippen molar-refractivity contribution in [3.05, 3.63) is 27.7 Å². The molecule has 1 aromatic carbocycles.